The number of carbonyl (C=O) groups excluding carboxylic acids is 1. The molecule has 0 atom stereocenters. The topological polar surface area (TPSA) is 54.5 Å². The molecule has 1 aromatic rings. The Morgan fingerprint density at radius 3 is 2.45 bits per heavy atom. The standard InChI is InChI=1S/C13H15ClFNO3S/c1-20(18,19)10-4-6-16(7-5-10)13(17)11-3-2-9(15)8-12(11)14/h2-3,8,10H,4-7H2,1H3. The largest absolute Gasteiger partial charge is 0.339 e. The molecule has 1 aliphatic rings. The highest BCUT2D eigenvalue weighted by Crippen LogP contribution is 2.23. The maximum absolute atomic E-state index is 13.0. The van der Waals surface area contributed by atoms with Crippen molar-refractivity contribution in [2.75, 3.05) is 19.3 Å². The van der Waals surface area contributed by atoms with Gasteiger partial charge in [0.25, 0.3) is 5.91 Å². The van der Waals surface area contributed by atoms with Crippen LogP contribution in [0.2, 0.25) is 5.02 Å². The van der Waals surface area contributed by atoms with Crippen molar-refractivity contribution in [2.45, 2.75) is 18.1 Å². The summed E-state index contributed by atoms with van der Waals surface area (Å²) in [7, 11) is -3.07. The van der Waals surface area contributed by atoms with Gasteiger partial charge in [0, 0.05) is 19.3 Å². The second kappa shape index (κ2) is 5.69. The smallest absolute Gasteiger partial charge is 0.255 e. The van der Waals surface area contributed by atoms with Crippen LogP contribution in [0.1, 0.15) is 23.2 Å². The third-order valence-electron chi connectivity index (χ3n) is 3.50. The molecule has 0 saturated carbocycles. The van der Waals surface area contributed by atoms with Crippen molar-refractivity contribution in [1.82, 2.24) is 4.90 Å². The number of benzene rings is 1. The van der Waals surface area contributed by atoms with E-state index in [9.17, 15) is 17.6 Å². The lowest BCUT2D eigenvalue weighted by atomic mass is 10.1. The molecule has 0 spiro atoms. The number of hydrogen-bond donors (Lipinski definition) is 0. The van der Waals surface area contributed by atoms with Crippen molar-refractivity contribution >= 4 is 27.3 Å². The lowest BCUT2D eigenvalue weighted by Gasteiger charge is -2.31. The van der Waals surface area contributed by atoms with Crippen LogP contribution >= 0.6 is 11.6 Å². The molecule has 7 heteroatoms. The molecule has 1 aromatic carbocycles. The summed E-state index contributed by atoms with van der Waals surface area (Å²) in [5, 5.41) is -0.324. The third-order valence-corrected chi connectivity index (χ3v) is 5.49. The van der Waals surface area contributed by atoms with Crippen molar-refractivity contribution in [2.24, 2.45) is 0 Å². The molecule has 0 aliphatic carbocycles. The molecule has 1 saturated heterocycles. The molecule has 0 N–H and O–H groups in total. The van der Waals surface area contributed by atoms with Crippen molar-refractivity contribution in [3.8, 4) is 0 Å². The van der Waals surface area contributed by atoms with Gasteiger partial charge in [-0.1, -0.05) is 11.6 Å². The number of carbonyl (C=O) groups is 1. The minimum absolute atomic E-state index is 0.0697. The molecular formula is C13H15ClFNO3S. The molecule has 1 fully saturated rings. The van der Waals surface area contributed by atoms with Crippen LogP contribution in [0, 0.1) is 5.82 Å². The zero-order valence-corrected chi connectivity index (χ0v) is 12.5. The summed E-state index contributed by atoms with van der Waals surface area (Å²) in [6.07, 6.45) is 2.05. The van der Waals surface area contributed by atoms with Crippen molar-refractivity contribution < 1.29 is 17.6 Å². The molecule has 0 unspecified atom stereocenters. The first-order chi connectivity index (χ1) is 9.29. The van der Waals surface area contributed by atoms with Gasteiger partial charge < -0.3 is 4.90 Å². The van der Waals surface area contributed by atoms with Gasteiger partial charge in [0.05, 0.1) is 15.8 Å². The van der Waals surface area contributed by atoms with Gasteiger partial charge in [0.15, 0.2) is 0 Å². The zero-order chi connectivity index (χ0) is 14.9. The number of likely N-dealkylation sites (tertiary alicyclic amines) is 1. The van der Waals surface area contributed by atoms with Crippen molar-refractivity contribution in [3.05, 3.63) is 34.6 Å². The molecule has 4 nitrogen and oxygen atoms in total. The van der Waals surface area contributed by atoms with E-state index in [1.165, 1.54) is 18.4 Å². The average Bonchev–Trinajstić information content (AvgIpc) is 2.37. The van der Waals surface area contributed by atoms with E-state index >= 15 is 0 Å². The van der Waals surface area contributed by atoms with Gasteiger partial charge in [-0.3, -0.25) is 4.79 Å². The Hall–Kier alpha value is -1.14. The van der Waals surface area contributed by atoms with Gasteiger partial charge in [0.2, 0.25) is 0 Å². The second-order valence-electron chi connectivity index (χ2n) is 4.95. The van der Waals surface area contributed by atoms with Crippen LogP contribution < -0.4 is 0 Å². The lowest BCUT2D eigenvalue weighted by molar-refractivity contribution is 0.0726. The third kappa shape index (κ3) is 3.30. The van der Waals surface area contributed by atoms with Crippen LogP contribution in [-0.2, 0) is 9.84 Å². The first kappa shape index (κ1) is 15.3. The SMILES string of the molecule is CS(=O)(=O)C1CCN(C(=O)c2ccc(F)cc2Cl)CC1. The average molecular weight is 320 g/mol. The van der Waals surface area contributed by atoms with Crippen LogP contribution in [0.4, 0.5) is 4.39 Å². The van der Waals surface area contributed by atoms with E-state index in [4.69, 9.17) is 11.6 Å². The fraction of sp³-hybridized carbons (Fsp3) is 0.462. The Bertz CT molecular complexity index is 625. The van der Waals surface area contributed by atoms with E-state index in [1.54, 1.807) is 4.90 Å². The summed E-state index contributed by atoms with van der Waals surface area (Å²) in [6, 6.07) is 3.63. The molecular weight excluding hydrogens is 305 g/mol. The van der Waals surface area contributed by atoms with Gasteiger partial charge in [0.1, 0.15) is 15.7 Å². The maximum atomic E-state index is 13.0. The predicted molar refractivity (Wildman–Crippen MR) is 75.2 cm³/mol. The molecule has 2 rings (SSSR count). The summed E-state index contributed by atoms with van der Waals surface area (Å²) in [5.41, 5.74) is 0.242. The quantitative estimate of drug-likeness (QED) is 0.839. The Morgan fingerprint density at radius 2 is 1.95 bits per heavy atom. The molecule has 0 aromatic heterocycles. The Labute approximate surface area is 122 Å². The normalized spacial score (nSPS) is 17.2. The number of halogens is 2. The van der Waals surface area contributed by atoms with Gasteiger partial charge >= 0.3 is 0 Å². The van der Waals surface area contributed by atoms with Crippen LogP contribution in [0.5, 0.6) is 0 Å². The van der Waals surface area contributed by atoms with Crippen LogP contribution in [0.3, 0.4) is 0 Å². The van der Waals surface area contributed by atoms with Crippen LogP contribution in [0.25, 0.3) is 0 Å². The highest BCUT2D eigenvalue weighted by molar-refractivity contribution is 7.91. The maximum Gasteiger partial charge on any atom is 0.255 e. The molecule has 0 bridgehead atoms. The summed E-state index contributed by atoms with van der Waals surface area (Å²) < 4.78 is 35.9. The fourth-order valence-electron chi connectivity index (χ4n) is 2.32. The summed E-state index contributed by atoms with van der Waals surface area (Å²) in [4.78, 5) is 13.8. The van der Waals surface area contributed by atoms with Gasteiger partial charge in [-0.25, -0.2) is 12.8 Å². The summed E-state index contributed by atoms with van der Waals surface area (Å²) >= 11 is 5.86. The Kier molecular flexibility index (Phi) is 4.34. The number of sulfone groups is 1. The van der Waals surface area contributed by atoms with Gasteiger partial charge in [-0.05, 0) is 31.0 Å². The van der Waals surface area contributed by atoms with Crippen LogP contribution in [-0.4, -0.2) is 43.8 Å². The first-order valence-electron chi connectivity index (χ1n) is 6.22. The van der Waals surface area contributed by atoms with Crippen molar-refractivity contribution in [1.29, 1.82) is 0 Å². The minimum atomic E-state index is -3.07. The molecule has 1 heterocycles. The molecule has 0 radical (unpaired) electrons. The lowest BCUT2D eigenvalue weighted by Crippen LogP contribution is -2.42. The number of hydrogen-bond acceptors (Lipinski definition) is 3. The highest BCUT2D eigenvalue weighted by Gasteiger charge is 2.29. The Balaban J connectivity index is 2.09. The molecule has 20 heavy (non-hydrogen) atoms. The van der Waals surface area contributed by atoms with E-state index in [0.29, 0.717) is 25.9 Å². The predicted octanol–water partition coefficient (Wildman–Crippen LogP) is 2.13. The number of nitrogens with zero attached hydrogens (tertiary/aromatic N) is 1. The second-order valence-corrected chi connectivity index (χ2v) is 7.68. The summed E-state index contributed by atoms with van der Waals surface area (Å²) in [6.45, 7) is 0.731. The minimum Gasteiger partial charge on any atom is -0.339 e. The zero-order valence-electron chi connectivity index (χ0n) is 11.0. The van der Waals surface area contributed by atoms with E-state index < -0.39 is 20.9 Å². The Morgan fingerprint density at radius 1 is 1.35 bits per heavy atom. The van der Waals surface area contributed by atoms with Gasteiger partial charge in [-0.15, -0.1) is 0 Å². The molecule has 110 valence electrons. The number of amides is 1. The number of piperidine rings is 1. The summed E-state index contributed by atoms with van der Waals surface area (Å²) in [5.74, 6) is -0.788. The monoisotopic (exact) mass is 319 g/mol. The fourth-order valence-corrected chi connectivity index (χ4v) is 3.64. The van der Waals surface area contributed by atoms with E-state index in [1.807, 2.05) is 0 Å². The first-order valence-corrected chi connectivity index (χ1v) is 8.55. The van der Waals surface area contributed by atoms with Crippen LogP contribution in [0.15, 0.2) is 18.2 Å². The van der Waals surface area contributed by atoms with E-state index in [-0.39, 0.29) is 16.5 Å². The molecule has 1 aliphatic heterocycles. The highest BCUT2D eigenvalue weighted by atomic mass is 35.5. The van der Waals surface area contributed by atoms with E-state index in [2.05, 4.69) is 0 Å². The number of rotatable bonds is 2. The van der Waals surface area contributed by atoms with E-state index in [0.717, 1.165) is 6.07 Å². The van der Waals surface area contributed by atoms with Crippen molar-refractivity contribution in [3.63, 3.8) is 0 Å². The van der Waals surface area contributed by atoms with Gasteiger partial charge in [-0.2, -0.15) is 0 Å². The molecule has 1 amide bonds.